The zero-order valence-corrected chi connectivity index (χ0v) is 22.3. The van der Waals surface area contributed by atoms with Crippen LogP contribution in [0.15, 0.2) is 79.5 Å². The lowest BCUT2D eigenvalue weighted by atomic mass is 10.0. The number of tetrazole rings is 1. The molecule has 1 aliphatic rings. The zero-order valence-electron chi connectivity index (χ0n) is 21.5. The van der Waals surface area contributed by atoms with Crippen LogP contribution in [0.4, 0.5) is 10.5 Å². The summed E-state index contributed by atoms with van der Waals surface area (Å²) in [5.41, 5.74) is 5.22. The number of amides is 1. The molecule has 2 aromatic carbocycles. The number of rotatable bonds is 8. The van der Waals surface area contributed by atoms with Gasteiger partial charge in [0.2, 0.25) is 5.69 Å². The number of methoxy groups -OCH3 is 1. The third kappa shape index (κ3) is 5.36. The molecule has 0 spiro atoms. The number of aromatic nitrogens is 7. The van der Waals surface area contributed by atoms with Gasteiger partial charge in [0.25, 0.3) is 0 Å². The lowest BCUT2D eigenvalue weighted by Gasteiger charge is -2.18. The molecule has 1 atom stereocenters. The van der Waals surface area contributed by atoms with Crippen LogP contribution in [0.5, 0.6) is 0 Å². The smallest absolute Gasteiger partial charge is 0.411 e. The second-order valence-electron chi connectivity index (χ2n) is 9.68. The molecule has 202 valence electrons. The number of carbonyl (C=O) groups excluding carboxylic acids is 1. The summed E-state index contributed by atoms with van der Waals surface area (Å²) in [6.45, 7) is 0. The molecule has 6 rings (SSSR count). The number of hydrogen-bond donors (Lipinski definition) is 1. The maximum Gasteiger partial charge on any atom is 0.411 e. The van der Waals surface area contributed by atoms with E-state index in [4.69, 9.17) is 11.6 Å². The Bertz CT molecular complexity index is 1650. The van der Waals surface area contributed by atoms with Gasteiger partial charge in [-0.1, -0.05) is 36.6 Å². The first-order chi connectivity index (χ1) is 19.5. The van der Waals surface area contributed by atoms with Crippen molar-refractivity contribution in [1.29, 1.82) is 0 Å². The minimum atomic E-state index is -0.526. The largest absolute Gasteiger partial charge is 0.618 e. The van der Waals surface area contributed by atoms with Crippen LogP contribution < -0.4 is 10.0 Å². The van der Waals surface area contributed by atoms with Gasteiger partial charge in [-0.3, -0.25) is 10.00 Å². The van der Waals surface area contributed by atoms with Gasteiger partial charge in [0.05, 0.1) is 19.0 Å². The molecule has 0 bridgehead atoms. The number of nitrogens with zero attached hydrogens (tertiary/aromatic N) is 7. The predicted octanol–water partition coefficient (Wildman–Crippen LogP) is 5.05. The molecule has 3 heterocycles. The fourth-order valence-electron chi connectivity index (χ4n) is 4.73. The Morgan fingerprint density at radius 3 is 2.65 bits per heavy atom. The molecule has 0 saturated heterocycles. The summed E-state index contributed by atoms with van der Waals surface area (Å²) in [7, 11) is 1.32. The monoisotopic (exact) mass is 556 g/mol. The molecule has 3 aromatic heterocycles. The molecule has 1 aliphatic carbocycles. The first kappa shape index (κ1) is 25.5. The number of anilines is 1. The summed E-state index contributed by atoms with van der Waals surface area (Å²) in [5.74, 6) is 0.556. The summed E-state index contributed by atoms with van der Waals surface area (Å²) in [4.78, 5) is 11.5. The lowest BCUT2D eigenvalue weighted by Crippen LogP contribution is -2.35. The van der Waals surface area contributed by atoms with Crippen molar-refractivity contribution in [2.45, 2.75) is 25.3 Å². The topological polar surface area (TPSA) is 127 Å². The van der Waals surface area contributed by atoms with Crippen molar-refractivity contribution in [3.8, 4) is 27.9 Å². The third-order valence-corrected chi connectivity index (χ3v) is 7.21. The van der Waals surface area contributed by atoms with Gasteiger partial charge in [0.1, 0.15) is 12.4 Å². The molecule has 1 fully saturated rings. The standard InChI is InChI=1S/C28H25ClN8O3/c1-40-28(38)32-23-8-4-19(5-9-23)21-14-31-35(15-21)27(12-18-2-3-18)26-10-6-20(16-37(26)39)24-13-22(29)7-11-25(24)36-17-30-33-34-36/h4-11,13-18,27H,2-3,12H2,1H3,(H,32,38). The maximum atomic E-state index is 13.5. The van der Waals surface area contributed by atoms with E-state index in [1.165, 1.54) is 18.1 Å². The van der Waals surface area contributed by atoms with Crippen LogP contribution in [-0.4, -0.2) is 43.2 Å². The van der Waals surface area contributed by atoms with Crippen LogP contribution in [0.2, 0.25) is 5.02 Å². The highest BCUT2D eigenvalue weighted by molar-refractivity contribution is 6.31. The van der Waals surface area contributed by atoms with E-state index in [1.807, 2.05) is 41.2 Å². The predicted molar refractivity (Wildman–Crippen MR) is 148 cm³/mol. The maximum absolute atomic E-state index is 13.5. The zero-order chi connectivity index (χ0) is 27.6. The Labute approximate surface area is 234 Å². The van der Waals surface area contributed by atoms with Gasteiger partial charge in [-0.2, -0.15) is 14.5 Å². The van der Waals surface area contributed by atoms with Crippen molar-refractivity contribution < 1.29 is 14.3 Å². The number of ether oxygens (including phenoxy) is 1. The second kappa shape index (κ2) is 10.8. The highest BCUT2D eigenvalue weighted by Gasteiger charge is 2.32. The molecule has 11 nitrogen and oxygen atoms in total. The van der Waals surface area contributed by atoms with E-state index in [-0.39, 0.29) is 6.04 Å². The summed E-state index contributed by atoms with van der Waals surface area (Å²) in [5, 5.41) is 32.8. The van der Waals surface area contributed by atoms with Crippen molar-refractivity contribution in [1.82, 2.24) is 30.0 Å². The molecular formula is C28H25ClN8O3. The third-order valence-electron chi connectivity index (χ3n) is 6.98. The fourth-order valence-corrected chi connectivity index (χ4v) is 4.90. The summed E-state index contributed by atoms with van der Waals surface area (Å²) < 4.78 is 8.96. The average Bonchev–Trinajstić information content (AvgIpc) is 3.39. The van der Waals surface area contributed by atoms with E-state index in [0.29, 0.717) is 33.6 Å². The number of nitrogens with one attached hydrogen (secondary N) is 1. The minimum absolute atomic E-state index is 0.230. The van der Waals surface area contributed by atoms with Crippen LogP contribution in [-0.2, 0) is 4.74 Å². The normalized spacial score (nSPS) is 13.7. The van der Waals surface area contributed by atoms with Gasteiger partial charge in [-0.15, -0.1) is 5.10 Å². The number of pyridine rings is 1. The Hall–Kier alpha value is -4.77. The van der Waals surface area contributed by atoms with E-state index in [9.17, 15) is 10.0 Å². The number of benzene rings is 2. The highest BCUT2D eigenvalue weighted by Crippen LogP contribution is 2.39. The van der Waals surface area contributed by atoms with Gasteiger partial charge in [0.15, 0.2) is 6.20 Å². The van der Waals surface area contributed by atoms with E-state index >= 15 is 0 Å². The minimum Gasteiger partial charge on any atom is -0.618 e. The Kier molecular flexibility index (Phi) is 6.87. The van der Waals surface area contributed by atoms with Crippen LogP contribution in [0.3, 0.4) is 0 Å². The van der Waals surface area contributed by atoms with Gasteiger partial charge in [0, 0.05) is 39.7 Å². The Morgan fingerprint density at radius 1 is 1.15 bits per heavy atom. The van der Waals surface area contributed by atoms with Crippen molar-refractivity contribution in [3.63, 3.8) is 0 Å². The average molecular weight is 557 g/mol. The van der Waals surface area contributed by atoms with E-state index in [2.05, 4.69) is 30.7 Å². The number of hydrogen-bond acceptors (Lipinski definition) is 7. The number of carbonyl (C=O) groups is 1. The molecule has 0 radical (unpaired) electrons. The highest BCUT2D eigenvalue weighted by atomic mass is 35.5. The van der Waals surface area contributed by atoms with Crippen molar-refractivity contribution in [3.05, 3.63) is 95.4 Å². The molecule has 1 saturated carbocycles. The summed E-state index contributed by atoms with van der Waals surface area (Å²) in [6.07, 6.45) is 9.39. The summed E-state index contributed by atoms with van der Waals surface area (Å²) in [6, 6.07) is 16.3. The van der Waals surface area contributed by atoms with Crippen molar-refractivity contribution in [2.75, 3.05) is 12.4 Å². The van der Waals surface area contributed by atoms with Crippen LogP contribution in [0, 0.1) is 11.1 Å². The quantitative estimate of drug-likeness (QED) is 0.209. The lowest BCUT2D eigenvalue weighted by molar-refractivity contribution is -0.615. The van der Waals surface area contributed by atoms with Crippen molar-refractivity contribution in [2.24, 2.45) is 5.92 Å². The van der Waals surface area contributed by atoms with E-state index in [0.717, 1.165) is 40.7 Å². The SMILES string of the molecule is COC(=O)Nc1ccc(-c2cnn(C(CC3CC3)c3ccc(-c4cc(Cl)ccc4-n4cnnn4)c[n+]3[O-])c2)cc1. The molecule has 1 N–H and O–H groups in total. The van der Waals surface area contributed by atoms with Gasteiger partial charge in [-0.25, -0.2) is 4.79 Å². The van der Waals surface area contributed by atoms with Crippen LogP contribution in [0.25, 0.3) is 27.9 Å². The van der Waals surface area contributed by atoms with Gasteiger partial charge >= 0.3 is 6.09 Å². The Morgan fingerprint density at radius 2 is 1.95 bits per heavy atom. The first-order valence-electron chi connectivity index (χ1n) is 12.7. The molecule has 5 aromatic rings. The van der Waals surface area contributed by atoms with Gasteiger partial charge in [-0.05, 0) is 64.7 Å². The Balaban J connectivity index is 1.30. The number of halogens is 1. The van der Waals surface area contributed by atoms with Crippen LogP contribution >= 0.6 is 11.6 Å². The molecule has 1 amide bonds. The second-order valence-corrected chi connectivity index (χ2v) is 10.1. The molecular weight excluding hydrogens is 532 g/mol. The fraction of sp³-hybridized carbons (Fsp3) is 0.214. The van der Waals surface area contributed by atoms with Gasteiger partial charge < -0.3 is 9.94 Å². The first-order valence-corrected chi connectivity index (χ1v) is 13.1. The summed E-state index contributed by atoms with van der Waals surface area (Å²) >= 11 is 6.30. The molecule has 0 aliphatic heterocycles. The molecule has 1 unspecified atom stereocenters. The van der Waals surface area contributed by atoms with Crippen LogP contribution in [0.1, 0.15) is 31.0 Å². The van der Waals surface area contributed by atoms with E-state index in [1.54, 1.807) is 36.7 Å². The van der Waals surface area contributed by atoms with Crippen molar-refractivity contribution >= 4 is 23.4 Å². The molecule has 40 heavy (non-hydrogen) atoms. The molecule has 12 heteroatoms. The van der Waals surface area contributed by atoms with E-state index < -0.39 is 6.09 Å².